The van der Waals surface area contributed by atoms with Gasteiger partial charge in [-0.15, -0.1) is 11.3 Å². The van der Waals surface area contributed by atoms with Gasteiger partial charge in [0, 0.05) is 54.3 Å². The van der Waals surface area contributed by atoms with Crippen LogP contribution in [-0.2, 0) is 30.2 Å². The molecule has 19 heteroatoms. The number of anilines is 3. The van der Waals surface area contributed by atoms with E-state index in [0.717, 1.165) is 58.2 Å². The molecule has 344 valence electrons. The van der Waals surface area contributed by atoms with E-state index >= 15 is 0 Å². The molecule has 16 nitrogen and oxygen atoms in total. The third-order valence-electron chi connectivity index (χ3n) is 13.8. The highest BCUT2D eigenvalue weighted by molar-refractivity contribution is 7.88. The van der Waals surface area contributed by atoms with Crippen molar-refractivity contribution >= 4 is 102 Å². The molecule has 0 spiro atoms. The van der Waals surface area contributed by atoms with Gasteiger partial charge in [0.15, 0.2) is 24.2 Å². The molecule has 3 N–H and O–H groups in total. The van der Waals surface area contributed by atoms with Crippen LogP contribution in [0.3, 0.4) is 0 Å². The van der Waals surface area contributed by atoms with Gasteiger partial charge in [0.1, 0.15) is 21.5 Å². The highest BCUT2D eigenvalue weighted by Crippen LogP contribution is 2.47. The molecule has 5 aliphatic heterocycles. The molecule has 3 atom stereocenters. The molecule has 3 unspecified atom stereocenters. The Morgan fingerprint density at radius 1 is 1.00 bits per heavy atom. The lowest BCUT2D eigenvalue weighted by atomic mass is 9.79. The van der Waals surface area contributed by atoms with Crippen molar-refractivity contribution in [3.05, 3.63) is 99.4 Å². The molecule has 1 aliphatic carbocycles. The van der Waals surface area contributed by atoms with E-state index in [2.05, 4.69) is 21.6 Å². The van der Waals surface area contributed by atoms with Crippen molar-refractivity contribution in [2.24, 2.45) is 0 Å². The molecule has 5 fully saturated rings. The van der Waals surface area contributed by atoms with Crippen LogP contribution in [0.25, 0.3) is 32.3 Å². The number of oxazole rings is 1. The SMILES string of the molecule is O=Cc1sc(-c2cccc(NC3CC4CC(C3)N4S(=O)(=O)Cc3ccc4oc(N5CCC(c6ccc7c8c(cccc68)C(=O)N7C6CCC(=O)NC6=O)CC5)nc4c3)c2)c(Cl)c1OCC(=O)O. The van der Waals surface area contributed by atoms with E-state index in [-0.39, 0.29) is 70.1 Å². The van der Waals surface area contributed by atoms with E-state index in [4.69, 9.17) is 30.8 Å². The minimum absolute atomic E-state index is 0.0332. The molecule has 1 saturated carbocycles. The fourth-order valence-electron chi connectivity index (χ4n) is 10.8. The predicted octanol–water partition coefficient (Wildman–Crippen LogP) is 7.34. The van der Waals surface area contributed by atoms with Gasteiger partial charge in [-0.25, -0.2) is 13.2 Å². The largest absolute Gasteiger partial charge is 0.479 e. The summed E-state index contributed by atoms with van der Waals surface area (Å²) in [7, 11) is -3.65. The molecule has 2 aromatic heterocycles. The van der Waals surface area contributed by atoms with Crippen LogP contribution < -0.4 is 25.2 Å². The summed E-state index contributed by atoms with van der Waals surface area (Å²) in [6.45, 7) is 0.733. The lowest BCUT2D eigenvalue weighted by Gasteiger charge is -2.54. The molecule has 12 rings (SSSR count). The molecular weight excluding hydrogens is 920 g/mol. The summed E-state index contributed by atoms with van der Waals surface area (Å²) in [6, 6.07) is 22.1. The summed E-state index contributed by atoms with van der Waals surface area (Å²) in [5.41, 5.74) is 5.74. The predicted molar refractivity (Wildman–Crippen MR) is 252 cm³/mol. The number of imide groups is 1. The number of benzene rings is 4. The Bertz CT molecular complexity index is 3170. The van der Waals surface area contributed by atoms with Crippen LogP contribution in [0.2, 0.25) is 5.02 Å². The number of carbonyl (C=O) groups is 5. The van der Waals surface area contributed by atoms with Crippen molar-refractivity contribution in [1.82, 2.24) is 14.6 Å². The van der Waals surface area contributed by atoms with Crippen molar-refractivity contribution in [1.29, 1.82) is 0 Å². The van der Waals surface area contributed by atoms with Gasteiger partial charge in [0.05, 0.1) is 16.3 Å². The fourth-order valence-corrected chi connectivity index (χ4v) is 14.2. The molecule has 4 saturated heterocycles. The van der Waals surface area contributed by atoms with Crippen LogP contribution in [0, 0.1) is 0 Å². The first-order chi connectivity index (χ1) is 32.3. The third-order valence-corrected chi connectivity index (χ3v) is 17.3. The molecule has 3 amide bonds. The number of aliphatic carboxylic acids is 1. The smallest absolute Gasteiger partial charge is 0.341 e. The molecule has 0 radical (unpaired) electrons. The Labute approximate surface area is 392 Å². The number of ether oxygens (including phenoxy) is 1. The number of carboxylic acid groups (broad SMARTS) is 1. The molecule has 6 aliphatic rings. The van der Waals surface area contributed by atoms with E-state index in [0.29, 0.717) is 71.0 Å². The highest BCUT2D eigenvalue weighted by atomic mass is 35.5. The summed E-state index contributed by atoms with van der Waals surface area (Å²) >= 11 is 7.68. The van der Waals surface area contributed by atoms with Crippen molar-refractivity contribution in [2.45, 2.75) is 80.8 Å². The second-order valence-electron chi connectivity index (χ2n) is 17.9. The van der Waals surface area contributed by atoms with Gasteiger partial charge in [0.25, 0.3) is 11.9 Å². The quantitative estimate of drug-likeness (QED) is 0.0766. The van der Waals surface area contributed by atoms with Crippen LogP contribution in [0.5, 0.6) is 5.75 Å². The Morgan fingerprint density at radius 3 is 2.55 bits per heavy atom. The molecule has 2 bridgehead atoms. The Hall–Kier alpha value is -6.34. The Balaban J connectivity index is 0.721. The standard InChI is InChI=1S/C48H43ClN6O10S2/c49-43-44(64-23-41(58)59)39(22-56)66-45(43)27-3-1-4-28(18-27)50-29-19-30-21-31(20-29)55(30)67(62,63)24-25-7-11-38-35(17-25)51-48(65-38)53-15-13-26(14-16-53)32-8-9-36-42-33(32)5-2-6-34(42)47(61)54(36)37-10-12-40(57)52-46(37)60/h1-9,11,17-18,22,26,29-31,37,50H,10,12-16,19-21,23-24H2,(H,58,59)(H,52,57,60). The molecule has 67 heavy (non-hydrogen) atoms. The summed E-state index contributed by atoms with van der Waals surface area (Å²) in [5.74, 6) is -2.10. The number of aromatic nitrogens is 1. The monoisotopic (exact) mass is 962 g/mol. The normalized spacial score (nSPS) is 22.0. The number of hydrogen-bond acceptors (Lipinski definition) is 13. The number of thiophene rings is 1. The Kier molecular flexibility index (Phi) is 10.8. The Morgan fingerprint density at radius 2 is 1.79 bits per heavy atom. The first-order valence-corrected chi connectivity index (χ1v) is 25.0. The zero-order valence-corrected chi connectivity index (χ0v) is 38.2. The first-order valence-electron chi connectivity index (χ1n) is 22.2. The number of aldehydes is 1. The van der Waals surface area contributed by atoms with Crippen LogP contribution in [0.4, 0.5) is 17.4 Å². The molecular formula is C48H43ClN6O10S2. The lowest BCUT2D eigenvalue weighted by Crippen LogP contribution is -2.64. The summed E-state index contributed by atoms with van der Waals surface area (Å²) in [4.78, 5) is 70.3. The summed E-state index contributed by atoms with van der Waals surface area (Å²) in [6.07, 6.45) is 4.75. The molecule has 7 heterocycles. The second-order valence-corrected chi connectivity index (χ2v) is 21.2. The van der Waals surface area contributed by atoms with Gasteiger partial charge in [0.2, 0.25) is 21.8 Å². The average Bonchev–Trinajstić information content (AvgIpc) is 3.97. The van der Waals surface area contributed by atoms with E-state index in [1.165, 1.54) is 0 Å². The van der Waals surface area contributed by atoms with E-state index in [1.807, 2.05) is 42.5 Å². The van der Waals surface area contributed by atoms with Crippen molar-refractivity contribution < 1.29 is 46.7 Å². The topological polar surface area (TPSA) is 209 Å². The number of hydrogen-bond donors (Lipinski definition) is 3. The highest BCUT2D eigenvalue weighted by Gasteiger charge is 2.51. The number of fused-ring (bicyclic) bond motifs is 3. The summed E-state index contributed by atoms with van der Waals surface area (Å²) in [5, 5.41) is 17.0. The number of amides is 3. The van der Waals surface area contributed by atoms with Crippen molar-refractivity contribution in [3.63, 3.8) is 0 Å². The molecule has 4 aromatic carbocycles. The fraction of sp³-hybridized carbons (Fsp3) is 0.333. The van der Waals surface area contributed by atoms with Crippen LogP contribution in [0.1, 0.15) is 82.0 Å². The average molecular weight is 963 g/mol. The van der Waals surface area contributed by atoms with Gasteiger partial charge in [-0.3, -0.25) is 29.4 Å². The number of piperidine rings is 3. The zero-order chi connectivity index (χ0) is 46.3. The molecule has 6 aromatic rings. The lowest BCUT2D eigenvalue weighted by molar-refractivity contribution is -0.139. The van der Waals surface area contributed by atoms with Crippen molar-refractivity contribution in [3.8, 4) is 16.2 Å². The van der Waals surface area contributed by atoms with Gasteiger partial charge >= 0.3 is 5.97 Å². The maximum atomic E-state index is 13.9. The zero-order valence-electron chi connectivity index (χ0n) is 35.8. The minimum atomic E-state index is -3.65. The number of rotatable bonds is 13. The van der Waals surface area contributed by atoms with E-state index in [1.54, 1.807) is 33.5 Å². The summed E-state index contributed by atoms with van der Waals surface area (Å²) < 4.78 is 41.1. The number of nitrogens with zero attached hydrogens (tertiary/aromatic N) is 4. The number of nitrogens with one attached hydrogen (secondary N) is 2. The van der Waals surface area contributed by atoms with Crippen LogP contribution >= 0.6 is 22.9 Å². The van der Waals surface area contributed by atoms with Crippen molar-refractivity contribution in [2.75, 3.05) is 34.8 Å². The minimum Gasteiger partial charge on any atom is -0.479 e. The number of halogens is 1. The van der Waals surface area contributed by atoms with Gasteiger partial charge in [-0.1, -0.05) is 48.0 Å². The maximum absolute atomic E-state index is 13.9. The number of sulfonamides is 1. The van der Waals surface area contributed by atoms with Gasteiger partial charge < -0.3 is 24.5 Å². The van der Waals surface area contributed by atoms with Crippen LogP contribution in [-0.4, -0.2) is 96.7 Å². The van der Waals surface area contributed by atoms with E-state index < -0.39 is 34.5 Å². The number of carbonyl (C=O) groups excluding carboxylic acids is 4. The second kappa shape index (κ2) is 16.8. The van der Waals surface area contributed by atoms with Crippen LogP contribution in [0.15, 0.2) is 77.2 Å². The van der Waals surface area contributed by atoms with Gasteiger partial charge in [-0.05, 0) is 103 Å². The number of carboxylic acids is 1. The third kappa shape index (κ3) is 7.68. The maximum Gasteiger partial charge on any atom is 0.341 e. The van der Waals surface area contributed by atoms with Gasteiger partial charge in [-0.2, -0.15) is 9.29 Å². The van der Waals surface area contributed by atoms with E-state index in [9.17, 15) is 32.4 Å². The first kappa shape index (κ1) is 43.2.